The van der Waals surface area contributed by atoms with Crippen molar-refractivity contribution in [1.82, 2.24) is 35.6 Å². The number of hydrazone groups is 1. The Morgan fingerprint density at radius 3 is 2.73 bits per heavy atom. The van der Waals surface area contributed by atoms with Crippen molar-refractivity contribution in [3.8, 4) is 11.6 Å². The second kappa shape index (κ2) is 11.0. The summed E-state index contributed by atoms with van der Waals surface area (Å²) < 4.78 is 11.8. The van der Waals surface area contributed by atoms with Crippen LogP contribution < -0.4 is 15.9 Å². The molecule has 0 radical (unpaired) electrons. The van der Waals surface area contributed by atoms with Crippen LogP contribution in [-0.2, 0) is 13.2 Å². The van der Waals surface area contributed by atoms with Crippen molar-refractivity contribution in [2.45, 2.75) is 32.9 Å². The maximum Gasteiger partial charge on any atom is 0.292 e. The zero-order valence-electron chi connectivity index (χ0n) is 20.4. The van der Waals surface area contributed by atoms with Crippen LogP contribution in [-0.4, -0.2) is 55.4 Å². The number of rotatable bonds is 9. The molecule has 4 aromatic rings. The van der Waals surface area contributed by atoms with Gasteiger partial charge < -0.3 is 10.5 Å². The Balaban J connectivity index is 1.25. The van der Waals surface area contributed by atoms with Gasteiger partial charge in [0.25, 0.3) is 5.91 Å². The van der Waals surface area contributed by atoms with E-state index in [1.807, 2.05) is 36.4 Å². The number of nitrogens with one attached hydrogen (secondary N) is 1. The summed E-state index contributed by atoms with van der Waals surface area (Å²) >= 11 is 0. The largest absolute Gasteiger partial charge is 0.489 e. The Morgan fingerprint density at radius 1 is 1.19 bits per heavy atom. The molecule has 2 aromatic carbocycles. The number of nitrogens with zero attached hydrogens (tertiary/aromatic N) is 7. The standard InChI is InChI=1S/C25H27N9O3/c1-17-5-4-6-19(13-17)16-36-20-9-7-18(8-10-20)14-27-29-25(35)22-21(15-33-11-2-3-12-33)28-32-34(22)24-23(26)30-37-31-24/h4-10,13-14H,2-3,11-12,15-16H2,1H3,(H2,26,30)(H,29,35). The quantitative estimate of drug-likeness (QED) is 0.260. The van der Waals surface area contributed by atoms with Gasteiger partial charge in [-0.3, -0.25) is 9.69 Å². The fraction of sp³-hybridized carbons (Fsp3) is 0.280. The van der Waals surface area contributed by atoms with Crippen molar-refractivity contribution >= 4 is 17.9 Å². The molecular weight excluding hydrogens is 474 g/mol. The Kier molecular flexibility index (Phi) is 7.17. The smallest absolute Gasteiger partial charge is 0.292 e. The van der Waals surface area contributed by atoms with E-state index in [2.05, 4.69) is 59.7 Å². The number of amides is 1. The molecule has 12 nitrogen and oxygen atoms in total. The Bertz CT molecular complexity index is 1390. The minimum absolute atomic E-state index is 0.000110. The van der Waals surface area contributed by atoms with E-state index in [0.29, 0.717) is 18.8 Å². The molecule has 190 valence electrons. The lowest BCUT2D eigenvalue weighted by Gasteiger charge is -2.13. The lowest BCUT2D eigenvalue weighted by Crippen LogP contribution is -2.26. The summed E-state index contributed by atoms with van der Waals surface area (Å²) in [5.41, 5.74) is 12.1. The first kappa shape index (κ1) is 24.1. The molecule has 2 aromatic heterocycles. The molecule has 1 amide bonds. The highest BCUT2D eigenvalue weighted by atomic mass is 16.6. The number of nitrogens with two attached hydrogens (primary N) is 1. The molecule has 37 heavy (non-hydrogen) atoms. The van der Waals surface area contributed by atoms with Crippen LogP contribution in [0.3, 0.4) is 0 Å². The van der Waals surface area contributed by atoms with Gasteiger partial charge in [-0.2, -0.15) is 9.78 Å². The van der Waals surface area contributed by atoms with Gasteiger partial charge in [-0.1, -0.05) is 35.0 Å². The van der Waals surface area contributed by atoms with Crippen LogP contribution in [0.25, 0.3) is 5.82 Å². The molecule has 1 aliphatic heterocycles. The molecule has 0 saturated carbocycles. The third-order valence-corrected chi connectivity index (χ3v) is 5.97. The monoisotopic (exact) mass is 501 g/mol. The van der Waals surface area contributed by atoms with E-state index in [-0.39, 0.29) is 17.3 Å². The fourth-order valence-corrected chi connectivity index (χ4v) is 4.12. The molecular formula is C25H27N9O3. The molecule has 0 spiro atoms. The number of ether oxygens (including phenoxy) is 1. The zero-order chi connectivity index (χ0) is 25.6. The first-order valence-corrected chi connectivity index (χ1v) is 11.9. The van der Waals surface area contributed by atoms with Crippen LogP contribution in [0.5, 0.6) is 5.75 Å². The van der Waals surface area contributed by atoms with E-state index >= 15 is 0 Å². The Labute approximate surface area is 213 Å². The predicted octanol–water partition coefficient (Wildman–Crippen LogP) is 2.48. The van der Waals surface area contributed by atoms with Gasteiger partial charge >= 0.3 is 0 Å². The highest BCUT2D eigenvalue weighted by molar-refractivity contribution is 5.95. The van der Waals surface area contributed by atoms with Gasteiger partial charge in [0.2, 0.25) is 11.6 Å². The minimum atomic E-state index is -0.504. The van der Waals surface area contributed by atoms with Crippen LogP contribution in [0.15, 0.2) is 58.3 Å². The number of likely N-dealkylation sites (tertiary alicyclic amines) is 1. The zero-order valence-corrected chi connectivity index (χ0v) is 20.4. The lowest BCUT2D eigenvalue weighted by molar-refractivity contribution is 0.0945. The summed E-state index contributed by atoms with van der Waals surface area (Å²) in [5.74, 6) is 0.328. The first-order chi connectivity index (χ1) is 18.1. The minimum Gasteiger partial charge on any atom is -0.489 e. The second-order valence-electron chi connectivity index (χ2n) is 8.80. The average molecular weight is 502 g/mol. The third kappa shape index (κ3) is 5.81. The SMILES string of the molecule is Cc1cccc(COc2ccc(C=NNC(=O)c3c(CN4CCCC4)nnn3-c3nonc3N)cc2)c1. The molecule has 0 unspecified atom stereocenters. The number of aromatic nitrogens is 5. The van der Waals surface area contributed by atoms with E-state index < -0.39 is 5.91 Å². The van der Waals surface area contributed by atoms with Crippen LogP contribution in [0.1, 0.15) is 45.7 Å². The normalized spacial score (nSPS) is 13.9. The topological polar surface area (TPSA) is 150 Å². The van der Waals surface area contributed by atoms with Crippen LogP contribution in [0.4, 0.5) is 5.82 Å². The third-order valence-electron chi connectivity index (χ3n) is 5.97. The van der Waals surface area contributed by atoms with Gasteiger partial charge in [0.1, 0.15) is 18.1 Å². The van der Waals surface area contributed by atoms with Crippen molar-refractivity contribution < 1.29 is 14.2 Å². The van der Waals surface area contributed by atoms with E-state index in [4.69, 9.17) is 10.5 Å². The number of benzene rings is 2. The van der Waals surface area contributed by atoms with Gasteiger partial charge in [0.05, 0.1) is 6.21 Å². The molecule has 12 heteroatoms. The van der Waals surface area contributed by atoms with Gasteiger partial charge in [-0.25, -0.2) is 10.1 Å². The maximum atomic E-state index is 13.1. The summed E-state index contributed by atoms with van der Waals surface area (Å²) in [6.45, 7) is 4.88. The molecule has 3 heterocycles. The number of aryl methyl sites for hydroxylation is 1. The average Bonchev–Trinajstić information content (AvgIpc) is 3.65. The summed E-state index contributed by atoms with van der Waals surface area (Å²) in [4.78, 5) is 15.3. The van der Waals surface area contributed by atoms with Gasteiger partial charge in [0, 0.05) is 6.54 Å². The van der Waals surface area contributed by atoms with Crippen molar-refractivity contribution in [2.24, 2.45) is 5.10 Å². The van der Waals surface area contributed by atoms with Crippen LogP contribution >= 0.6 is 0 Å². The molecule has 3 N–H and O–H groups in total. The van der Waals surface area contributed by atoms with Crippen LogP contribution in [0, 0.1) is 6.92 Å². The molecule has 0 atom stereocenters. The van der Waals surface area contributed by atoms with Crippen molar-refractivity contribution in [3.05, 3.63) is 76.6 Å². The van der Waals surface area contributed by atoms with Gasteiger partial charge in [-0.15, -0.1) is 5.10 Å². The first-order valence-electron chi connectivity index (χ1n) is 11.9. The molecule has 1 saturated heterocycles. The van der Waals surface area contributed by atoms with Crippen molar-refractivity contribution in [2.75, 3.05) is 18.8 Å². The van der Waals surface area contributed by atoms with E-state index in [1.54, 1.807) is 6.21 Å². The number of anilines is 1. The van der Waals surface area contributed by atoms with E-state index in [0.717, 1.165) is 42.8 Å². The Morgan fingerprint density at radius 2 is 2.00 bits per heavy atom. The summed E-state index contributed by atoms with van der Waals surface area (Å²) in [5, 5.41) is 19.7. The summed E-state index contributed by atoms with van der Waals surface area (Å²) in [6.07, 6.45) is 3.76. The summed E-state index contributed by atoms with van der Waals surface area (Å²) in [7, 11) is 0. The second-order valence-corrected chi connectivity index (χ2v) is 8.80. The number of nitrogen functional groups attached to an aromatic ring is 1. The molecule has 5 rings (SSSR count). The predicted molar refractivity (Wildman–Crippen MR) is 135 cm³/mol. The maximum absolute atomic E-state index is 13.1. The number of hydrogen-bond donors (Lipinski definition) is 2. The molecule has 0 bridgehead atoms. The fourth-order valence-electron chi connectivity index (χ4n) is 4.12. The van der Waals surface area contributed by atoms with Crippen molar-refractivity contribution in [1.29, 1.82) is 0 Å². The highest BCUT2D eigenvalue weighted by Crippen LogP contribution is 2.19. The van der Waals surface area contributed by atoms with E-state index in [1.165, 1.54) is 10.2 Å². The van der Waals surface area contributed by atoms with Gasteiger partial charge in [0.15, 0.2) is 5.69 Å². The summed E-state index contributed by atoms with van der Waals surface area (Å²) in [6, 6.07) is 15.6. The number of carbonyl (C=O) groups excluding carboxylic acids is 1. The van der Waals surface area contributed by atoms with Crippen molar-refractivity contribution in [3.63, 3.8) is 0 Å². The Hall–Kier alpha value is -4.58. The molecule has 0 aliphatic carbocycles. The lowest BCUT2D eigenvalue weighted by atomic mass is 10.1. The molecule has 1 fully saturated rings. The van der Waals surface area contributed by atoms with E-state index in [9.17, 15) is 4.79 Å². The van der Waals surface area contributed by atoms with Crippen LogP contribution in [0.2, 0.25) is 0 Å². The highest BCUT2D eigenvalue weighted by Gasteiger charge is 2.26. The number of hydrogen-bond acceptors (Lipinski definition) is 10. The molecule has 1 aliphatic rings. The number of carbonyl (C=O) groups is 1. The van der Waals surface area contributed by atoms with Gasteiger partial charge in [-0.05, 0) is 78.6 Å².